The van der Waals surface area contributed by atoms with E-state index >= 15 is 0 Å². The van der Waals surface area contributed by atoms with Gasteiger partial charge in [0.2, 0.25) is 0 Å². The lowest BCUT2D eigenvalue weighted by Gasteiger charge is -2.22. The van der Waals surface area contributed by atoms with Crippen molar-refractivity contribution in [3.05, 3.63) is 29.3 Å². The summed E-state index contributed by atoms with van der Waals surface area (Å²) in [4.78, 5) is 4.31. The van der Waals surface area contributed by atoms with Crippen LogP contribution in [-0.4, -0.2) is 19.6 Å². The predicted octanol–water partition coefficient (Wildman–Crippen LogP) is 3.48. The lowest BCUT2D eigenvalue weighted by Crippen LogP contribution is -2.12. The summed E-state index contributed by atoms with van der Waals surface area (Å²) in [5.41, 5.74) is 2.51. The molecule has 0 radical (unpaired) electrons. The van der Waals surface area contributed by atoms with E-state index in [1.807, 2.05) is 6.92 Å². The molecule has 18 heavy (non-hydrogen) atoms. The normalized spacial score (nSPS) is 18.8. The number of benzene rings is 1. The van der Waals surface area contributed by atoms with Gasteiger partial charge < -0.3 is 9.47 Å². The highest BCUT2D eigenvalue weighted by molar-refractivity contribution is 5.52. The lowest BCUT2D eigenvalue weighted by atomic mass is 9.86. The third kappa shape index (κ3) is 2.66. The minimum atomic E-state index is 0.0700. The molecule has 1 aromatic rings. The van der Waals surface area contributed by atoms with Gasteiger partial charge in [-0.05, 0) is 24.0 Å². The fraction of sp³-hybridized carbons (Fsp3) is 0.533. The monoisotopic (exact) mass is 247 g/mol. The molecule has 0 saturated heterocycles. The van der Waals surface area contributed by atoms with Crippen molar-refractivity contribution in [2.75, 3.05) is 13.2 Å². The van der Waals surface area contributed by atoms with Crippen LogP contribution in [-0.2, 0) is 10.2 Å². The first-order valence-electron chi connectivity index (χ1n) is 6.43. The zero-order valence-electron chi connectivity index (χ0n) is 11.6. The first-order chi connectivity index (χ1) is 8.52. The minimum absolute atomic E-state index is 0.0700. The molecule has 3 nitrogen and oxygen atoms in total. The second-order valence-corrected chi connectivity index (χ2v) is 5.54. The summed E-state index contributed by atoms with van der Waals surface area (Å²) in [6.07, 6.45) is 1.53. The Bertz CT molecular complexity index is 446. The topological polar surface area (TPSA) is 30.8 Å². The van der Waals surface area contributed by atoms with Crippen molar-refractivity contribution in [2.24, 2.45) is 4.99 Å². The summed E-state index contributed by atoms with van der Waals surface area (Å²) < 4.78 is 11.0. The van der Waals surface area contributed by atoms with Gasteiger partial charge in [-0.1, -0.05) is 32.9 Å². The van der Waals surface area contributed by atoms with E-state index in [2.05, 4.69) is 44.0 Å². The van der Waals surface area contributed by atoms with E-state index in [1.54, 1.807) is 0 Å². The smallest absolute Gasteiger partial charge is 0.170 e. The van der Waals surface area contributed by atoms with E-state index in [0.717, 1.165) is 11.3 Å². The van der Waals surface area contributed by atoms with Gasteiger partial charge >= 0.3 is 0 Å². The van der Waals surface area contributed by atoms with Crippen LogP contribution in [0.1, 0.15) is 44.9 Å². The quantitative estimate of drug-likeness (QED) is 0.818. The lowest BCUT2D eigenvalue weighted by molar-refractivity contribution is 0.312. The fourth-order valence-corrected chi connectivity index (χ4v) is 2.02. The van der Waals surface area contributed by atoms with Crippen LogP contribution >= 0.6 is 0 Å². The standard InChI is InChI=1S/C15H21NO2/c1-5-18-14-8-11(15(2,3)4)6-7-12(14)13-9-17-10-16-13/h6-8,10,13H,5,9H2,1-4H3. The highest BCUT2D eigenvalue weighted by Gasteiger charge is 2.22. The van der Waals surface area contributed by atoms with Crippen molar-refractivity contribution < 1.29 is 9.47 Å². The molecule has 0 spiro atoms. The van der Waals surface area contributed by atoms with E-state index in [1.165, 1.54) is 12.0 Å². The number of ether oxygens (including phenoxy) is 2. The fourth-order valence-electron chi connectivity index (χ4n) is 2.02. The van der Waals surface area contributed by atoms with E-state index in [4.69, 9.17) is 9.47 Å². The van der Waals surface area contributed by atoms with Gasteiger partial charge in [0.15, 0.2) is 6.40 Å². The predicted molar refractivity (Wildman–Crippen MR) is 73.5 cm³/mol. The van der Waals surface area contributed by atoms with Gasteiger partial charge in [-0.2, -0.15) is 0 Å². The molecule has 1 unspecified atom stereocenters. The van der Waals surface area contributed by atoms with Gasteiger partial charge in [-0.15, -0.1) is 0 Å². The van der Waals surface area contributed by atoms with Gasteiger partial charge in [0.25, 0.3) is 0 Å². The summed E-state index contributed by atoms with van der Waals surface area (Å²) in [5, 5.41) is 0. The summed E-state index contributed by atoms with van der Waals surface area (Å²) in [6, 6.07) is 6.47. The van der Waals surface area contributed by atoms with Gasteiger partial charge in [0.1, 0.15) is 18.4 Å². The molecule has 0 aromatic heterocycles. The van der Waals surface area contributed by atoms with E-state index in [0.29, 0.717) is 13.2 Å². The average molecular weight is 247 g/mol. The Hall–Kier alpha value is -1.51. The molecule has 3 heteroatoms. The highest BCUT2D eigenvalue weighted by atomic mass is 16.5. The van der Waals surface area contributed by atoms with E-state index < -0.39 is 0 Å². The minimum Gasteiger partial charge on any atom is -0.494 e. The van der Waals surface area contributed by atoms with E-state index in [9.17, 15) is 0 Å². The first kappa shape index (κ1) is 12.9. The molecule has 0 N–H and O–H groups in total. The van der Waals surface area contributed by atoms with Crippen LogP contribution in [0.25, 0.3) is 0 Å². The number of hydrogen-bond acceptors (Lipinski definition) is 3. The molecule has 1 aliphatic rings. The third-order valence-corrected chi connectivity index (χ3v) is 3.11. The number of hydrogen-bond donors (Lipinski definition) is 0. The molecular weight excluding hydrogens is 226 g/mol. The van der Waals surface area contributed by atoms with Gasteiger partial charge in [0, 0.05) is 5.56 Å². The van der Waals surface area contributed by atoms with Crippen molar-refractivity contribution >= 4 is 6.40 Å². The van der Waals surface area contributed by atoms with Crippen molar-refractivity contribution in [3.63, 3.8) is 0 Å². The Balaban J connectivity index is 2.37. The molecule has 1 heterocycles. The third-order valence-electron chi connectivity index (χ3n) is 3.11. The molecule has 1 atom stereocenters. The molecule has 0 bridgehead atoms. The van der Waals surface area contributed by atoms with Crippen LogP contribution in [0.2, 0.25) is 0 Å². The maximum atomic E-state index is 5.76. The summed E-state index contributed by atoms with van der Waals surface area (Å²) in [5.74, 6) is 0.928. The highest BCUT2D eigenvalue weighted by Crippen LogP contribution is 2.34. The largest absolute Gasteiger partial charge is 0.494 e. The first-order valence-corrected chi connectivity index (χ1v) is 6.43. The second kappa shape index (κ2) is 5.01. The van der Waals surface area contributed by atoms with Crippen molar-refractivity contribution in [2.45, 2.75) is 39.2 Å². The van der Waals surface area contributed by atoms with Crippen LogP contribution in [0.4, 0.5) is 0 Å². The SMILES string of the molecule is CCOc1cc(C(C)(C)C)ccc1C1COC=N1. The Morgan fingerprint density at radius 3 is 2.72 bits per heavy atom. The summed E-state index contributed by atoms with van der Waals surface area (Å²) >= 11 is 0. The number of rotatable bonds is 3. The van der Waals surface area contributed by atoms with Crippen LogP contribution in [0, 0.1) is 0 Å². The molecule has 2 rings (SSSR count). The zero-order chi connectivity index (χ0) is 13.2. The number of aliphatic imine (C=N–C) groups is 1. The van der Waals surface area contributed by atoms with E-state index in [-0.39, 0.29) is 11.5 Å². The summed E-state index contributed by atoms with van der Waals surface area (Å²) in [6.45, 7) is 9.88. The second-order valence-electron chi connectivity index (χ2n) is 5.54. The Morgan fingerprint density at radius 1 is 1.39 bits per heavy atom. The van der Waals surface area contributed by atoms with Crippen molar-refractivity contribution in [1.29, 1.82) is 0 Å². The zero-order valence-corrected chi connectivity index (χ0v) is 11.6. The number of nitrogens with zero attached hydrogens (tertiary/aromatic N) is 1. The molecule has 0 amide bonds. The molecule has 1 aromatic carbocycles. The van der Waals surface area contributed by atoms with Gasteiger partial charge in [-0.3, -0.25) is 0 Å². The maximum absolute atomic E-state index is 5.76. The van der Waals surface area contributed by atoms with Crippen molar-refractivity contribution in [3.8, 4) is 5.75 Å². The Kier molecular flexibility index (Phi) is 3.60. The van der Waals surface area contributed by atoms with Gasteiger partial charge in [0.05, 0.1) is 6.61 Å². The van der Waals surface area contributed by atoms with Gasteiger partial charge in [-0.25, -0.2) is 4.99 Å². The van der Waals surface area contributed by atoms with Crippen molar-refractivity contribution in [1.82, 2.24) is 0 Å². The van der Waals surface area contributed by atoms with Crippen LogP contribution in [0.5, 0.6) is 5.75 Å². The molecule has 0 fully saturated rings. The molecule has 1 aliphatic heterocycles. The van der Waals surface area contributed by atoms with Crippen LogP contribution < -0.4 is 4.74 Å². The average Bonchev–Trinajstić information content (AvgIpc) is 2.81. The Labute approximate surface area is 109 Å². The van der Waals surface area contributed by atoms with Crippen LogP contribution in [0.3, 0.4) is 0 Å². The van der Waals surface area contributed by atoms with Crippen LogP contribution in [0.15, 0.2) is 23.2 Å². The molecule has 0 aliphatic carbocycles. The molecule has 0 saturated carbocycles. The molecule has 98 valence electrons. The molecular formula is C15H21NO2. The Morgan fingerprint density at radius 2 is 2.17 bits per heavy atom. The summed E-state index contributed by atoms with van der Waals surface area (Å²) in [7, 11) is 0. The maximum Gasteiger partial charge on any atom is 0.170 e.